The zero-order valence-corrected chi connectivity index (χ0v) is 8.13. The van der Waals surface area contributed by atoms with E-state index < -0.39 is 11.9 Å². The SMILES string of the molecule is O=C(O)c1cc(Cl)c(Cl)cc1C(=O)O. The third-order valence-electron chi connectivity index (χ3n) is 1.52. The lowest BCUT2D eigenvalue weighted by Gasteiger charge is -2.03. The van der Waals surface area contributed by atoms with Gasteiger partial charge in [-0.05, 0) is 12.1 Å². The minimum Gasteiger partial charge on any atom is -0.478 e. The molecule has 0 aliphatic heterocycles. The maximum Gasteiger partial charge on any atom is 0.336 e. The number of hydrogen-bond acceptors (Lipinski definition) is 2. The molecular weight excluding hydrogens is 231 g/mol. The van der Waals surface area contributed by atoms with Crippen LogP contribution in [0.15, 0.2) is 12.1 Å². The van der Waals surface area contributed by atoms with Gasteiger partial charge in [-0.15, -0.1) is 0 Å². The highest BCUT2D eigenvalue weighted by atomic mass is 35.5. The van der Waals surface area contributed by atoms with Gasteiger partial charge in [-0.1, -0.05) is 23.2 Å². The Balaban J connectivity index is 3.46. The second-order valence-electron chi connectivity index (χ2n) is 2.42. The predicted molar refractivity (Wildman–Crippen MR) is 50.4 cm³/mol. The van der Waals surface area contributed by atoms with Crippen LogP contribution in [0.1, 0.15) is 20.7 Å². The molecule has 0 aromatic heterocycles. The van der Waals surface area contributed by atoms with E-state index in [0.29, 0.717) is 0 Å². The lowest BCUT2D eigenvalue weighted by atomic mass is 10.1. The molecular formula is C8H4Cl2O4. The number of benzene rings is 1. The van der Waals surface area contributed by atoms with E-state index >= 15 is 0 Å². The van der Waals surface area contributed by atoms with Gasteiger partial charge in [0.2, 0.25) is 0 Å². The number of hydrogen-bond donors (Lipinski definition) is 2. The van der Waals surface area contributed by atoms with Crippen molar-refractivity contribution in [2.45, 2.75) is 0 Å². The minimum atomic E-state index is -1.36. The fourth-order valence-electron chi connectivity index (χ4n) is 0.901. The van der Waals surface area contributed by atoms with E-state index in [2.05, 4.69) is 0 Å². The number of halogens is 2. The highest BCUT2D eigenvalue weighted by Gasteiger charge is 2.18. The Labute approximate surface area is 88.7 Å². The average molecular weight is 235 g/mol. The summed E-state index contributed by atoms with van der Waals surface area (Å²) < 4.78 is 0. The highest BCUT2D eigenvalue weighted by Crippen LogP contribution is 2.26. The highest BCUT2D eigenvalue weighted by molar-refractivity contribution is 6.42. The molecule has 0 unspecified atom stereocenters. The van der Waals surface area contributed by atoms with Crippen LogP contribution in [0.3, 0.4) is 0 Å². The van der Waals surface area contributed by atoms with Crippen LogP contribution in [0.25, 0.3) is 0 Å². The van der Waals surface area contributed by atoms with E-state index in [1.54, 1.807) is 0 Å². The van der Waals surface area contributed by atoms with Crippen LogP contribution in [-0.2, 0) is 0 Å². The fraction of sp³-hybridized carbons (Fsp3) is 0. The van der Waals surface area contributed by atoms with Crippen LogP contribution < -0.4 is 0 Å². The second kappa shape index (κ2) is 3.86. The van der Waals surface area contributed by atoms with E-state index in [1.165, 1.54) is 0 Å². The van der Waals surface area contributed by atoms with Crippen LogP contribution >= 0.6 is 23.2 Å². The van der Waals surface area contributed by atoms with Gasteiger partial charge in [-0.2, -0.15) is 0 Å². The molecule has 0 fully saturated rings. The van der Waals surface area contributed by atoms with Crippen LogP contribution in [0, 0.1) is 0 Å². The van der Waals surface area contributed by atoms with Crippen molar-refractivity contribution >= 4 is 35.1 Å². The largest absolute Gasteiger partial charge is 0.478 e. The summed E-state index contributed by atoms with van der Waals surface area (Å²) >= 11 is 11.1. The van der Waals surface area contributed by atoms with E-state index in [0.717, 1.165) is 12.1 Å². The topological polar surface area (TPSA) is 74.6 Å². The first-order valence-corrected chi connectivity index (χ1v) is 4.14. The summed E-state index contributed by atoms with van der Waals surface area (Å²) in [7, 11) is 0. The number of carboxylic acids is 2. The summed E-state index contributed by atoms with van der Waals surface area (Å²) in [5, 5.41) is 17.3. The van der Waals surface area contributed by atoms with Crippen molar-refractivity contribution in [3.8, 4) is 0 Å². The molecule has 0 saturated carbocycles. The molecule has 0 spiro atoms. The average Bonchev–Trinajstić information content (AvgIpc) is 2.08. The summed E-state index contributed by atoms with van der Waals surface area (Å²) in [5.41, 5.74) is -0.765. The Morgan fingerprint density at radius 3 is 1.43 bits per heavy atom. The van der Waals surface area contributed by atoms with Crippen LogP contribution in [-0.4, -0.2) is 22.2 Å². The van der Waals surface area contributed by atoms with Crippen molar-refractivity contribution in [2.75, 3.05) is 0 Å². The quantitative estimate of drug-likeness (QED) is 0.825. The summed E-state index contributed by atoms with van der Waals surface area (Å²) in [4.78, 5) is 21.2. The minimum absolute atomic E-state index is 0.00840. The zero-order valence-electron chi connectivity index (χ0n) is 6.62. The van der Waals surface area contributed by atoms with Gasteiger partial charge in [0.1, 0.15) is 0 Å². The molecule has 0 aliphatic rings. The molecule has 0 heterocycles. The monoisotopic (exact) mass is 234 g/mol. The molecule has 74 valence electrons. The smallest absolute Gasteiger partial charge is 0.336 e. The maximum atomic E-state index is 10.6. The van der Waals surface area contributed by atoms with Crippen LogP contribution in [0.2, 0.25) is 10.0 Å². The van der Waals surface area contributed by atoms with Crippen molar-refractivity contribution in [1.29, 1.82) is 0 Å². The van der Waals surface area contributed by atoms with Gasteiger partial charge < -0.3 is 10.2 Å². The molecule has 1 aromatic rings. The van der Waals surface area contributed by atoms with E-state index in [9.17, 15) is 9.59 Å². The molecule has 0 atom stereocenters. The molecule has 0 amide bonds. The van der Waals surface area contributed by atoms with Crippen LogP contribution in [0.5, 0.6) is 0 Å². The molecule has 0 radical (unpaired) electrons. The van der Waals surface area contributed by atoms with Gasteiger partial charge in [0.25, 0.3) is 0 Å². The normalized spacial score (nSPS) is 9.86. The molecule has 4 nitrogen and oxygen atoms in total. The van der Waals surface area contributed by atoms with Crippen molar-refractivity contribution in [3.63, 3.8) is 0 Å². The standard InChI is InChI=1S/C8H4Cl2O4/c9-5-1-3(7(11)12)4(8(13)14)2-6(5)10/h1-2H,(H,11,12)(H,13,14). The Morgan fingerprint density at radius 2 is 1.21 bits per heavy atom. The maximum absolute atomic E-state index is 10.6. The Morgan fingerprint density at radius 1 is 0.929 bits per heavy atom. The lowest BCUT2D eigenvalue weighted by molar-refractivity contribution is 0.0651. The fourth-order valence-corrected chi connectivity index (χ4v) is 1.23. The number of aromatic carboxylic acids is 2. The van der Waals surface area contributed by atoms with Crippen molar-refractivity contribution in [3.05, 3.63) is 33.3 Å². The van der Waals surface area contributed by atoms with Crippen molar-refractivity contribution in [2.24, 2.45) is 0 Å². The van der Waals surface area contributed by atoms with Gasteiger partial charge in [-0.25, -0.2) is 9.59 Å². The second-order valence-corrected chi connectivity index (χ2v) is 3.24. The van der Waals surface area contributed by atoms with Gasteiger partial charge in [0.05, 0.1) is 21.2 Å². The molecule has 0 saturated heterocycles. The first kappa shape index (κ1) is 10.8. The third kappa shape index (κ3) is 1.97. The first-order chi connectivity index (χ1) is 6.43. The van der Waals surface area contributed by atoms with E-state index in [4.69, 9.17) is 33.4 Å². The number of carbonyl (C=O) groups is 2. The molecule has 0 aliphatic carbocycles. The molecule has 1 aromatic carbocycles. The number of rotatable bonds is 2. The van der Waals surface area contributed by atoms with E-state index in [-0.39, 0.29) is 21.2 Å². The van der Waals surface area contributed by atoms with Gasteiger partial charge in [0, 0.05) is 0 Å². The van der Waals surface area contributed by atoms with Gasteiger partial charge >= 0.3 is 11.9 Å². The van der Waals surface area contributed by atoms with Gasteiger partial charge in [-0.3, -0.25) is 0 Å². The molecule has 1 rings (SSSR count). The molecule has 6 heteroatoms. The molecule has 14 heavy (non-hydrogen) atoms. The number of carboxylic acid groups (broad SMARTS) is 2. The lowest BCUT2D eigenvalue weighted by Crippen LogP contribution is -2.07. The summed E-state index contributed by atoms with van der Waals surface area (Å²) in [6.07, 6.45) is 0. The Kier molecular flexibility index (Phi) is 2.98. The van der Waals surface area contributed by atoms with Crippen molar-refractivity contribution in [1.82, 2.24) is 0 Å². The summed E-state index contributed by atoms with van der Waals surface area (Å²) in [5.74, 6) is -2.72. The van der Waals surface area contributed by atoms with E-state index in [1.807, 2.05) is 0 Å². The first-order valence-electron chi connectivity index (χ1n) is 3.39. The zero-order chi connectivity index (χ0) is 10.9. The summed E-state index contributed by atoms with van der Waals surface area (Å²) in [6, 6.07) is 2.02. The third-order valence-corrected chi connectivity index (χ3v) is 2.24. The Bertz CT molecular complexity index is 375. The van der Waals surface area contributed by atoms with Gasteiger partial charge in [0.15, 0.2) is 0 Å². The predicted octanol–water partition coefficient (Wildman–Crippen LogP) is 2.39. The summed E-state index contributed by atoms with van der Waals surface area (Å²) in [6.45, 7) is 0. The van der Waals surface area contributed by atoms with Crippen molar-refractivity contribution < 1.29 is 19.8 Å². The van der Waals surface area contributed by atoms with Crippen LogP contribution in [0.4, 0.5) is 0 Å². The molecule has 2 N–H and O–H groups in total. The molecule has 0 bridgehead atoms. The Hall–Kier alpha value is -1.26.